The molecule has 0 amide bonds. The zero-order valence-corrected chi connectivity index (χ0v) is 17.7. The van der Waals surface area contributed by atoms with Crippen LogP contribution >= 0.6 is 11.6 Å². The molecule has 1 spiro atoms. The van der Waals surface area contributed by atoms with Crippen molar-refractivity contribution in [3.05, 3.63) is 59.4 Å². The van der Waals surface area contributed by atoms with Crippen LogP contribution in [0.2, 0.25) is 5.02 Å². The van der Waals surface area contributed by atoms with Crippen LogP contribution < -0.4 is 5.32 Å². The lowest BCUT2D eigenvalue weighted by atomic mass is 9.90. The van der Waals surface area contributed by atoms with E-state index in [9.17, 15) is 0 Å². The Labute approximate surface area is 181 Å². The molecule has 6 nitrogen and oxygen atoms in total. The highest BCUT2D eigenvalue weighted by Crippen LogP contribution is 2.42. The summed E-state index contributed by atoms with van der Waals surface area (Å²) in [6.07, 6.45) is 7.31. The SMILES string of the molecule is Cc1ccncc1Nc1cc(-c2cccc(Cl)c2)n(C2CCC3(CC2)OCCO3)n1. The van der Waals surface area contributed by atoms with Gasteiger partial charge in [-0.05, 0) is 43.5 Å². The molecular weight excluding hydrogens is 400 g/mol. The third-order valence-corrected chi connectivity index (χ3v) is 6.27. The third kappa shape index (κ3) is 3.83. The van der Waals surface area contributed by atoms with Gasteiger partial charge in [0.1, 0.15) is 0 Å². The minimum Gasteiger partial charge on any atom is -0.348 e. The maximum atomic E-state index is 6.29. The first kappa shape index (κ1) is 19.5. The lowest BCUT2D eigenvalue weighted by Crippen LogP contribution is -2.36. The second kappa shape index (κ2) is 8.02. The fourth-order valence-corrected chi connectivity index (χ4v) is 4.59. The van der Waals surface area contributed by atoms with Gasteiger partial charge in [0.25, 0.3) is 0 Å². The predicted molar refractivity (Wildman–Crippen MR) is 117 cm³/mol. The number of ether oxygens (including phenoxy) is 2. The molecule has 0 unspecified atom stereocenters. The highest BCUT2D eigenvalue weighted by Gasteiger charge is 2.41. The smallest absolute Gasteiger partial charge is 0.168 e. The van der Waals surface area contributed by atoms with E-state index in [4.69, 9.17) is 26.2 Å². The van der Waals surface area contributed by atoms with Crippen molar-refractivity contribution in [3.8, 4) is 11.3 Å². The van der Waals surface area contributed by atoms with Crippen molar-refractivity contribution < 1.29 is 9.47 Å². The Balaban J connectivity index is 1.47. The molecule has 3 heterocycles. The zero-order valence-electron chi connectivity index (χ0n) is 17.0. The molecule has 0 radical (unpaired) electrons. The van der Waals surface area contributed by atoms with Gasteiger partial charge in [0.05, 0.1) is 36.8 Å². The summed E-state index contributed by atoms with van der Waals surface area (Å²) < 4.78 is 14.0. The van der Waals surface area contributed by atoms with Gasteiger partial charge in [0, 0.05) is 35.7 Å². The second-order valence-electron chi connectivity index (χ2n) is 8.02. The molecule has 1 saturated carbocycles. The Hall–Kier alpha value is -2.41. The van der Waals surface area contributed by atoms with E-state index in [1.54, 1.807) is 6.20 Å². The Morgan fingerprint density at radius 3 is 2.67 bits per heavy atom. The van der Waals surface area contributed by atoms with Crippen LogP contribution in [-0.4, -0.2) is 33.8 Å². The fraction of sp³-hybridized carbons (Fsp3) is 0.391. The summed E-state index contributed by atoms with van der Waals surface area (Å²) in [4.78, 5) is 4.23. The Morgan fingerprint density at radius 1 is 1.13 bits per heavy atom. The van der Waals surface area contributed by atoms with Gasteiger partial charge >= 0.3 is 0 Å². The van der Waals surface area contributed by atoms with Gasteiger partial charge in [-0.25, -0.2) is 0 Å². The number of hydrogen-bond acceptors (Lipinski definition) is 5. The van der Waals surface area contributed by atoms with Crippen molar-refractivity contribution >= 4 is 23.1 Å². The second-order valence-corrected chi connectivity index (χ2v) is 8.46. The number of nitrogens with zero attached hydrogens (tertiary/aromatic N) is 3. The molecule has 3 aromatic rings. The van der Waals surface area contributed by atoms with Gasteiger partial charge in [-0.2, -0.15) is 5.10 Å². The van der Waals surface area contributed by atoms with Gasteiger partial charge in [-0.15, -0.1) is 0 Å². The number of nitrogens with one attached hydrogen (secondary N) is 1. The van der Waals surface area contributed by atoms with Gasteiger partial charge in [0.15, 0.2) is 11.6 Å². The number of rotatable bonds is 4. The molecule has 1 aliphatic carbocycles. The highest BCUT2D eigenvalue weighted by molar-refractivity contribution is 6.30. The first-order valence-electron chi connectivity index (χ1n) is 10.4. The normalized spacial score (nSPS) is 18.7. The monoisotopic (exact) mass is 424 g/mol. The van der Waals surface area contributed by atoms with Crippen LogP contribution in [0, 0.1) is 6.92 Å². The molecular formula is C23H25ClN4O2. The molecule has 30 heavy (non-hydrogen) atoms. The number of aryl methyl sites for hydroxylation is 1. The summed E-state index contributed by atoms with van der Waals surface area (Å²) in [6, 6.07) is 12.3. The first-order valence-corrected chi connectivity index (χ1v) is 10.8. The molecule has 0 atom stereocenters. The summed E-state index contributed by atoms with van der Waals surface area (Å²) in [5, 5.41) is 9.09. The summed E-state index contributed by atoms with van der Waals surface area (Å²) in [5.41, 5.74) is 4.18. The van der Waals surface area contributed by atoms with Crippen LogP contribution in [0.25, 0.3) is 11.3 Å². The third-order valence-electron chi connectivity index (χ3n) is 6.03. The number of anilines is 2. The van der Waals surface area contributed by atoms with Crippen molar-refractivity contribution in [2.75, 3.05) is 18.5 Å². The van der Waals surface area contributed by atoms with E-state index < -0.39 is 0 Å². The van der Waals surface area contributed by atoms with Crippen LogP contribution in [-0.2, 0) is 9.47 Å². The van der Waals surface area contributed by atoms with E-state index in [-0.39, 0.29) is 11.8 Å². The van der Waals surface area contributed by atoms with Crippen LogP contribution in [0.3, 0.4) is 0 Å². The molecule has 1 aromatic carbocycles. The van der Waals surface area contributed by atoms with Crippen LogP contribution in [0.1, 0.15) is 37.3 Å². The molecule has 156 valence electrons. The largest absolute Gasteiger partial charge is 0.348 e. The van der Waals surface area contributed by atoms with Crippen molar-refractivity contribution in [2.24, 2.45) is 0 Å². The molecule has 5 rings (SSSR count). The number of pyridine rings is 1. The van der Waals surface area contributed by atoms with Crippen molar-refractivity contribution in [3.63, 3.8) is 0 Å². The number of aromatic nitrogens is 3. The van der Waals surface area contributed by atoms with E-state index in [0.717, 1.165) is 54.0 Å². The molecule has 2 aromatic heterocycles. The number of benzene rings is 1. The quantitative estimate of drug-likeness (QED) is 0.598. The highest BCUT2D eigenvalue weighted by atomic mass is 35.5. The van der Waals surface area contributed by atoms with Crippen LogP contribution in [0.15, 0.2) is 48.8 Å². The van der Waals surface area contributed by atoms with Gasteiger partial charge in [-0.1, -0.05) is 23.7 Å². The van der Waals surface area contributed by atoms with E-state index >= 15 is 0 Å². The molecule has 1 saturated heterocycles. The average Bonchev–Trinajstić information content (AvgIpc) is 3.38. The first-order chi connectivity index (χ1) is 14.6. The van der Waals surface area contributed by atoms with Crippen molar-refractivity contribution in [1.82, 2.24) is 14.8 Å². The van der Waals surface area contributed by atoms with E-state index in [2.05, 4.69) is 34.0 Å². The molecule has 2 fully saturated rings. The van der Waals surface area contributed by atoms with Gasteiger partial charge in [0.2, 0.25) is 0 Å². The summed E-state index contributed by atoms with van der Waals surface area (Å²) in [6.45, 7) is 3.44. The molecule has 0 bridgehead atoms. The standard InChI is InChI=1S/C23H25ClN4O2/c1-16-7-10-25-15-20(16)26-22-14-21(17-3-2-4-18(24)13-17)28(27-22)19-5-8-23(9-6-19)29-11-12-30-23/h2-4,7,10,13-15,19H,5-6,8-9,11-12H2,1H3,(H,26,27). The minimum absolute atomic E-state index is 0.281. The fourth-order valence-electron chi connectivity index (χ4n) is 4.40. The van der Waals surface area contributed by atoms with Crippen molar-refractivity contribution in [1.29, 1.82) is 0 Å². The molecule has 1 aliphatic heterocycles. The summed E-state index contributed by atoms with van der Waals surface area (Å²) >= 11 is 6.29. The Bertz CT molecular complexity index is 1040. The summed E-state index contributed by atoms with van der Waals surface area (Å²) in [5.74, 6) is 0.419. The van der Waals surface area contributed by atoms with E-state index in [1.165, 1.54) is 0 Å². The average molecular weight is 425 g/mol. The molecule has 1 N–H and O–H groups in total. The van der Waals surface area contributed by atoms with Crippen LogP contribution in [0.4, 0.5) is 11.5 Å². The van der Waals surface area contributed by atoms with Crippen molar-refractivity contribution in [2.45, 2.75) is 44.4 Å². The van der Waals surface area contributed by atoms with Crippen LogP contribution in [0.5, 0.6) is 0 Å². The molecule has 7 heteroatoms. The lowest BCUT2D eigenvalue weighted by molar-refractivity contribution is -0.181. The number of hydrogen-bond donors (Lipinski definition) is 1. The Morgan fingerprint density at radius 2 is 1.93 bits per heavy atom. The Kier molecular flexibility index (Phi) is 5.23. The summed E-state index contributed by atoms with van der Waals surface area (Å²) in [7, 11) is 0. The lowest BCUT2D eigenvalue weighted by Gasteiger charge is -2.35. The minimum atomic E-state index is -0.381. The number of halogens is 1. The topological polar surface area (TPSA) is 61.2 Å². The zero-order chi connectivity index (χ0) is 20.6. The molecule has 2 aliphatic rings. The van der Waals surface area contributed by atoms with Gasteiger partial charge < -0.3 is 14.8 Å². The predicted octanol–water partition coefficient (Wildman–Crippen LogP) is 5.51. The van der Waals surface area contributed by atoms with E-state index in [1.807, 2.05) is 30.5 Å². The maximum absolute atomic E-state index is 6.29. The van der Waals surface area contributed by atoms with Gasteiger partial charge in [-0.3, -0.25) is 9.67 Å². The maximum Gasteiger partial charge on any atom is 0.168 e. The van der Waals surface area contributed by atoms with E-state index in [0.29, 0.717) is 18.2 Å².